The Morgan fingerprint density at radius 2 is 1.75 bits per heavy atom. The number of fused-ring (bicyclic) bond motifs is 1. The maximum atomic E-state index is 14.0. The van der Waals surface area contributed by atoms with Crippen molar-refractivity contribution in [1.82, 2.24) is 20.0 Å². The molecule has 36 heavy (non-hydrogen) atoms. The minimum atomic E-state index is -1.28. The van der Waals surface area contributed by atoms with E-state index in [0.717, 1.165) is 12.1 Å². The van der Waals surface area contributed by atoms with E-state index in [9.17, 15) is 22.8 Å². The molecule has 0 spiro atoms. The number of carbonyl (C=O) groups excluding carboxylic acids is 1. The number of carbonyl (C=O) groups is 2. The summed E-state index contributed by atoms with van der Waals surface area (Å²) < 4.78 is 48.4. The second-order valence-electron chi connectivity index (χ2n) is 7.86. The van der Waals surface area contributed by atoms with E-state index >= 15 is 0 Å². The fourth-order valence-corrected chi connectivity index (χ4v) is 3.73. The standard InChI is InChI=1S/C25H21F3N4O4/c1-14-22(24(33)31-20(12-29-25(34)35)15-7-9-16(26)10-8-15)32-11-3-6-21(23(32)30-14)36-13-17-18(27)4-2-5-19(17)28/h2-11,20,29H,12-13H2,1H3,(H,31,33)(H,34,35). The van der Waals surface area contributed by atoms with Gasteiger partial charge in [0.15, 0.2) is 11.4 Å². The van der Waals surface area contributed by atoms with Crippen LogP contribution in [0.25, 0.3) is 5.65 Å². The third-order valence-electron chi connectivity index (χ3n) is 5.47. The van der Waals surface area contributed by atoms with Gasteiger partial charge in [0.1, 0.15) is 29.8 Å². The molecule has 0 saturated heterocycles. The summed E-state index contributed by atoms with van der Waals surface area (Å²) in [6.45, 7) is 1.05. The summed E-state index contributed by atoms with van der Waals surface area (Å²) in [7, 11) is 0. The summed E-state index contributed by atoms with van der Waals surface area (Å²) >= 11 is 0. The van der Waals surface area contributed by atoms with E-state index in [1.807, 2.05) is 0 Å². The summed E-state index contributed by atoms with van der Waals surface area (Å²) in [5, 5.41) is 14.0. The van der Waals surface area contributed by atoms with Crippen molar-refractivity contribution in [3.8, 4) is 5.75 Å². The SMILES string of the molecule is Cc1nc2c(OCc3c(F)cccc3F)cccn2c1C(=O)NC(CNC(=O)O)c1ccc(F)cc1. The van der Waals surface area contributed by atoms with Crippen molar-refractivity contribution in [2.24, 2.45) is 0 Å². The van der Waals surface area contributed by atoms with E-state index in [-0.39, 0.29) is 35.8 Å². The monoisotopic (exact) mass is 498 g/mol. The molecule has 0 radical (unpaired) electrons. The van der Waals surface area contributed by atoms with Crippen molar-refractivity contribution in [3.05, 3.63) is 101 Å². The molecule has 2 heterocycles. The zero-order valence-corrected chi connectivity index (χ0v) is 19.0. The lowest BCUT2D eigenvalue weighted by Crippen LogP contribution is -2.38. The molecule has 1 atom stereocenters. The number of aromatic nitrogens is 2. The number of nitrogens with zero attached hydrogens (tertiary/aromatic N) is 2. The zero-order chi connectivity index (χ0) is 25.8. The van der Waals surface area contributed by atoms with Gasteiger partial charge >= 0.3 is 6.09 Å². The fraction of sp³-hybridized carbons (Fsp3) is 0.160. The maximum absolute atomic E-state index is 14.0. The molecule has 2 amide bonds. The minimum absolute atomic E-state index is 0.148. The predicted molar refractivity (Wildman–Crippen MR) is 123 cm³/mol. The van der Waals surface area contributed by atoms with Gasteiger partial charge < -0.3 is 20.5 Å². The van der Waals surface area contributed by atoms with Crippen LogP contribution in [0, 0.1) is 24.4 Å². The highest BCUT2D eigenvalue weighted by molar-refractivity contribution is 5.95. The number of benzene rings is 2. The van der Waals surface area contributed by atoms with Gasteiger partial charge in [0.2, 0.25) is 0 Å². The smallest absolute Gasteiger partial charge is 0.404 e. The molecule has 0 aliphatic heterocycles. The second-order valence-corrected chi connectivity index (χ2v) is 7.86. The van der Waals surface area contributed by atoms with E-state index in [0.29, 0.717) is 11.3 Å². The van der Waals surface area contributed by atoms with Crippen LogP contribution in [0.5, 0.6) is 5.75 Å². The molecular weight excluding hydrogens is 477 g/mol. The third-order valence-corrected chi connectivity index (χ3v) is 5.47. The van der Waals surface area contributed by atoms with Crippen molar-refractivity contribution >= 4 is 17.6 Å². The first-order valence-electron chi connectivity index (χ1n) is 10.8. The minimum Gasteiger partial charge on any atom is -0.485 e. The van der Waals surface area contributed by atoms with Gasteiger partial charge in [0.25, 0.3) is 5.91 Å². The maximum Gasteiger partial charge on any atom is 0.404 e. The van der Waals surface area contributed by atoms with E-state index in [1.54, 1.807) is 25.3 Å². The predicted octanol–water partition coefficient (Wildman–Crippen LogP) is 4.38. The van der Waals surface area contributed by atoms with Crippen molar-refractivity contribution in [1.29, 1.82) is 0 Å². The largest absolute Gasteiger partial charge is 0.485 e. The number of imidazole rings is 1. The number of nitrogens with one attached hydrogen (secondary N) is 2. The average Bonchev–Trinajstić information content (AvgIpc) is 3.18. The highest BCUT2D eigenvalue weighted by Crippen LogP contribution is 2.25. The lowest BCUT2D eigenvalue weighted by Gasteiger charge is -2.19. The molecule has 4 rings (SSSR count). The molecule has 0 saturated carbocycles. The van der Waals surface area contributed by atoms with E-state index < -0.39 is 35.5 Å². The number of aryl methyl sites for hydroxylation is 1. The first kappa shape index (κ1) is 24.6. The number of ether oxygens (including phenoxy) is 1. The zero-order valence-electron chi connectivity index (χ0n) is 19.0. The van der Waals surface area contributed by atoms with Crippen LogP contribution in [0.4, 0.5) is 18.0 Å². The number of rotatable bonds is 8. The molecule has 0 aliphatic carbocycles. The van der Waals surface area contributed by atoms with Crippen LogP contribution in [-0.2, 0) is 6.61 Å². The van der Waals surface area contributed by atoms with Gasteiger partial charge in [-0.2, -0.15) is 0 Å². The Morgan fingerprint density at radius 3 is 2.42 bits per heavy atom. The van der Waals surface area contributed by atoms with Crippen molar-refractivity contribution < 1.29 is 32.6 Å². The molecule has 8 nitrogen and oxygen atoms in total. The second kappa shape index (κ2) is 10.4. The molecule has 2 aromatic carbocycles. The van der Waals surface area contributed by atoms with Gasteiger partial charge in [-0.15, -0.1) is 0 Å². The van der Waals surface area contributed by atoms with Gasteiger partial charge in [-0.25, -0.2) is 22.9 Å². The van der Waals surface area contributed by atoms with E-state index in [4.69, 9.17) is 9.84 Å². The molecule has 0 fully saturated rings. The van der Waals surface area contributed by atoms with Crippen LogP contribution < -0.4 is 15.4 Å². The van der Waals surface area contributed by atoms with Gasteiger partial charge in [0, 0.05) is 12.7 Å². The molecule has 1 unspecified atom stereocenters. The summed E-state index contributed by atoms with van der Waals surface area (Å²) in [4.78, 5) is 28.7. The molecule has 3 N–H and O–H groups in total. The number of pyridine rings is 1. The van der Waals surface area contributed by atoms with Crippen molar-refractivity contribution in [2.45, 2.75) is 19.6 Å². The summed E-state index contributed by atoms with van der Waals surface area (Å²) in [5.41, 5.74) is 0.980. The first-order valence-corrected chi connectivity index (χ1v) is 10.8. The lowest BCUT2D eigenvalue weighted by molar-refractivity contribution is 0.0928. The summed E-state index contributed by atoms with van der Waals surface area (Å²) in [5.74, 6) is -2.34. The van der Waals surface area contributed by atoms with E-state index in [2.05, 4.69) is 15.6 Å². The lowest BCUT2D eigenvalue weighted by atomic mass is 10.1. The molecule has 4 aromatic rings. The molecule has 0 bridgehead atoms. The molecule has 0 aliphatic rings. The van der Waals surface area contributed by atoms with Crippen LogP contribution in [0.3, 0.4) is 0 Å². The molecule has 11 heteroatoms. The Bertz CT molecular complexity index is 1400. The number of hydrogen-bond donors (Lipinski definition) is 3. The number of carboxylic acid groups (broad SMARTS) is 1. The van der Waals surface area contributed by atoms with Crippen LogP contribution >= 0.6 is 0 Å². The summed E-state index contributed by atoms with van der Waals surface area (Å²) in [6, 6.07) is 11.1. The van der Waals surface area contributed by atoms with Crippen molar-refractivity contribution in [2.75, 3.05) is 6.54 Å². The Labute approximate surface area is 203 Å². The topological polar surface area (TPSA) is 105 Å². The molecule has 2 aromatic heterocycles. The Balaban J connectivity index is 1.61. The van der Waals surface area contributed by atoms with Crippen LogP contribution in [0.1, 0.15) is 33.4 Å². The number of amides is 2. The van der Waals surface area contributed by atoms with Gasteiger partial charge in [-0.05, 0) is 48.9 Å². The molecule has 186 valence electrons. The number of halogens is 3. The normalized spacial score (nSPS) is 11.8. The fourth-order valence-electron chi connectivity index (χ4n) is 3.73. The number of hydrogen-bond acceptors (Lipinski definition) is 4. The Morgan fingerprint density at radius 1 is 1.06 bits per heavy atom. The highest BCUT2D eigenvalue weighted by atomic mass is 19.1. The third kappa shape index (κ3) is 5.24. The van der Waals surface area contributed by atoms with Crippen LogP contribution in [0.2, 0.25) is 0 Å². The van der Waals surface area contributed by atoms with Gasteiger partial charge in [-0.3, -0.25) is 9.20 Å². The van der Waals surface area contributed by atoms with Gasteiger partial charge in [0.05, 0.1) is 17.3 Å². The first-order chi connectivity index (χ1) is 17.2. The Kier molecular flexibility index (Phi) is 7.09. The van der Waals surface area contributed by atoms with Crippen LogP contribution in [-0.4, -0.2) is 33.0 Å². The van der Waals surface area contributed by atoms with Crippen molar-refractivity contribution in [3.63, 3.8) is 0 Å². The summed E-state index contributed by atoms with van der Waals surface area (Å²) in [6.07, 6.45) is 0.291. The highest BCUT2D eigenvalue weighted by Gasteiger charge is 2.23. The van der Waals surface area contributed by atoms with E-state index in [1.165, 1.54) is 34.7 Å². The molecular formula is C25H21F3N4O4. The average molecular weight is 498 g/mol. The van der Waals surface area contributed by atoms with Crippen LogP contribution in [0.15, 0.2) is 60.8 Å². The van der Waals surface area contributed by atoms with Gasteiger partial charge in [-0.1, -0.05) is 18.2 Å². The quantitative estimate of drug-likeness (QED) is 0.335. The Hall–Kier alpha value is -4.54.